The molecule has 0 aliphatic rings. The number of rotatable bonds is 6. The van der Waals surface area contributed by atoms with Gasteiger partial charge >= 0.3 is 0 Å². The highest BCUT2D eigenvalue weighted by molar-refractivity contribution is 5.70. The second-order valence-electron chi connectivity index (χ2n) is 3.79. The molecule has 4 nitrogen and oxygen atoms in total. The Morgan fingerprint density at radius 3 is 2.78 bits per heavy atom. The second-order valence-corrected chi connectivity index (χ2v) is 3.79. The van der Waals surface area contributed by atoms with Gasteiger partial charge in [0.05, 0.1) is 0 Å². The molecule has 0 bridgehead atoms. The van der Waals surface area contributed by atoms with Gasteiger partial charge in [0.15, 0.2) is 12.0 Å². The zero-order valence-electron chi connectivity index (χ0n) is 9.83. The van der Waals surface area contributed by atoms with Crippen molar-refractivity contribution in [3.63, 3.8) is 0 Å². The number of ether oxygens (including phenoxy) is 1. The Labute approximate surface area is 105 Å². The maximum absolute atomic E-state index is 10.5. The number of carbonyl (C=O) groups is 1. The van der Waals surface area contributed by atoms with Crippen LogP contribution >= 0.6 is 0 Å². The molecular formula is C14H14O4. The smallest absolute Gasteiger partial charge is 0.185 e. The van der Waals surface area contributed by atoms with Crippen LogP contribution in [0.1, 0.15) is 21.9 Å². The zero-order chi connectivity index (χ0) is 12.8. The maximum atomic E-state index is 10.5. The number of furan rings is 1. The SMILES string of the molecule is O=Cc1ccc(COc2ccccc2CCO)o1. The van der Waals surface area contributed by atoms with Crippen molar-refractivity contribution in [2.24, 2.45) is 0 Å². The maximum Gasteiger partial charge on any atom is 0.185 e. The van der Waals surface area contributed by atoms with Crippen molar-refractivity contribution in [1.29, 1.82) is 0 Å². The third-order valence-corrected chi connectivity index (χ3v) is 2.52. The topological polar surface area (TPSA) is 59.7 Å². The first-order valence-electron chi connectivity index (χ1n) is 5.69. The Kier molecular flexibility index (Phi) is 4.15. The van der Waals surface area contributed by atoms with E-state index < -0.39 is 0 Å². The minimum atomic E-state index is 0.0798. The van der Waals surface area contributed by atoms with Gasteiger partial charge in [0, 0.05) is 6.61 Å². The Hall–Kier alpha value is -2.07. The van der Waals surface area contributed by atoms with E-state index in [1.165, 1.54) is 0 Å². The molecule has 0 amide bonds. The van der Waals surface area contributed by atoms with E-state index in [0.29, 0.717) is 18.5 Å². The first-order valence-corrected chi connectivity index (χ1v) is 5.69. The van der Waals surface area contributed by atoms with Crippen molar-refractivity contribution in [3.8, 4) is 5.75 Å². The molecule has 0 saturated heterocycles. The van der Waals surface area contributed by atoms with Gasteiger partial charge in [0.25, 0.3) is 0 Å². The van der Waals surface area contributed by atoms with E-state index in [9.17, 15) is 4.79 Å². The molecule has 0 atom stereocenters. The number of aliphatic hydroxyl groups is 1. The Morgan fingerprint density at radius 2 is 2.06 bits per heavy atom. The first-order chi connectivity index (χ1) is 8.83. The van der Waals surface area contributed by atoms with Gasteiger partial charge in [0.1, 0.15) is 18.1 Å². The van der Waals surface area contributed by atoms with Crippen LogP contribution in [0.15, 0.2) is 40.8 Å². The van der Waals surface area contributed by atoms with E-state index in [0.717, 1.165) is 11.3 Å². The van der Waals surface area contributed by atoms with E-state index in [4.69, 9.17) is 14.3 Å². The summed E-state index contributed by atoms with van der Waals surface area (Å²) in [4.78, 5) is 10.5. The predicted octanol–water partition coefficient (Wildman–Crippen LogP) is 2.21. The normalized spacial score (nSPS) is 10.3. The number of benzene rings is 1. The molecule has 94 valence electrons. The summed E-state index contributed by atoms with van der Waals surface area (Å²) in [6.07, 6.45) is 1.21. The summed E-state index contributed by atoms with van der Waals surface area (Å²) >= 11 is 0. The lowest BCUT2D eigenvalue weighted by Crippen LogP contribution is -1.99. The van der Waals surface area contributed by atoms with Crippen molar-refractivity contribution in [2.45, 2.75) is 13.0 Å². The Balaban J connectivity index is 2.03. The van der Waals surface area contributed by atoms with E-state index in [-0.39, 0.29) is 19.0 Å². The van der Waals surface area contributed by atoms with Crippen LogP contribution in [0.25, 0.3) is 0 Å². The second kappa shape index (κ2) is 6.02. The van der Waals surface area contributed by atoms with Crippen molar-refractivity contribution in [3.05, 3.63) is 53.5 Å². The molecule has 2 aromatic rings. The number of aliphatic hydroxyl groups excluding tert-OH is 1. The van der Waals surface area contributed by atoms with E-state index in [1.54, 1.807) is 12.1 Å². The lowest BCUT2D eigenvalue weighted by Gasteiger charge is -2.09. The minimum Gasteiger partial charge on any atom is -0.485 e. The summed E-state index contributed by atoms with van der Waals surface area (Å²) in [5.41, 5.74) is 0.946. The molecule has 4 heteroatoms. The van der Waals surface area contributed by atoms with Crippen LogP contribution in [0.4, 0.5) is 0 Å². The first kappa shape index (κ1) is 12.4. The largest absolute Gasteiger partial charge is 0.485 e. The third kappa shape index (κ3) is 2.99. The lowest BCUT2D eigenvalue weighted by molar-refractivity contribution is 0.109. The molecule has 1 N–H and O–H groups in total. The standard InChI is InChI=1S/C14H14O4/c15-8-7-11-3-1-2-4-14(11)17-10-13-6-5-12(9-16)18-13/h1-6,9,15H,7-8,10H2. The van der Waals surface area contributed by atoms with Gasteiger partial charge in [-0.3, -0.25) is 4.79 Å². The summed E-state index contributed by atoms with van der Waals surface area (Å²) in [7, 11) is 0. The quantitative estimate of drug-likeness (QED) is 0.794. The van der Waals surface area contributed by atoms with Gasteiger partial charge in [-0.25, -0.2) is 0 Å². The number of hydrogen-bond donors (Lipinski definition) is 1. The van der Waals surface area contributed by atoms with Crippen LogP contribution < -0.4 is 4.74 Å². The fraction of sp³-hybridized carbons (Fsp3) is 0.214. The highest BCUT2D eigenvalue weighted by atomic mass is 16.5. The fourth-order valence-corrected chi connectivity index (χ4v) is 1.66. The lowest BCUT2D eigenvalue weighted by atomic mass is 10.1. The number of hydrogen-bond acceptors (Lipinski definition) is 4. The summed E-state index contributed by atoms with van der Waals surface area (Å²) in [5, 5.41) is 8.95. The molecule has 0 aliphatic carbocycles. The van der Waals surface area contributed by atoms with Gasteiger partial charge in [0.2, 0.25) is 0 Å². The Bertz CT molecular complexity index is 516. The van der Waals surface area contributed by atoms with E-state index >= 15 is 0 Å². The molecular weight excluding hydrogens is 232 g/mol. The van der Waals surface area contributed by atoms with Crippen LogP contribution in [-0.4, -0.2) is 18.0 Å². The molecule has 0 unspecified atom stereocenters. The summed E-state index contributed by atoms with van der Waals surface area (Å²) in [6.45, 7) is 0.340. The highest BCUT2D eigenvalue weighted by Gasteiger charge is 2.05. The van der Waals surface area contributed by atoms with Crippen molar-refractivity contribution in [2.75, 3.05) is 6.61 Å². The van der Waals surface area contributed by atoms with Gasteiger partial charge in [-0.15, -0.1) is 0 Å². The average molecular weight is 246 g/mol. The van der Waals surface area contributed by atoms with Crippen LogP contribution in [0.5, 0.6) is 5.75 Å². The molecule has 18 heavy (non-hydrogen) atoms. The van der Waals surface area contributed by atoms with Gasteiger partial charge in [-0.1, -0.05) is 18.2 Å². The third-order valence-electron chi connectivity index (χ3n) is 2.52. The van der Waals surface area contributed by atoms with E-state index in [2.05, 4.69) is 0 Å². The summed E-state index contributed by atoms with van der Waals surface area (Å²) < 4.78 is 10.8. The molecule has 1 aromatic heterocycles. The molecule has 2 rings (SSSR count). The van der Waals surface area contributed by atoms with Crippen LogP contribution in [0.3, 0.4) is 0 Å². The molecule has 0 spiro atoms. The minimum absolute atomic E-state index is 0.0798. The average Bonchev–Trinajstić information content (AvgIpc) is 2.86. The molecule has 0 fully saturated rings. The number of aldehydes is 1. The fourth-order valence-electron chi connectivity index (χ4n) is 1.66. The van der Waals surface area contributed by atoms with Crippen LogP contribution in [0.2, 0.25) is 0 Å². The highest BCUT2D eigenvalue weighted by Crippen LogP contribution is 2.20. The monoisotopic (exact) mass is 246 g/mol. The summed E-state index contributed by atoms with van der Waals surface area (Å²) in [6, 6.07) is 10.8. The van der Waals surface area contributed by atoms with Gasteiger partial charge < -0.3 is 14.3 Å². The van der Waals surface area contributed by atoms with Crippen molar-refractivity contribution >= 4 is 6.29 Å². The van der Waals surface area contributed by atoms with Crippen molar-refractivity contribution in [1.82, 2.24) is 0 Å². The molecule has 0 aliphatic heterocycles. The predicted molar refractivity (Wildman–Crippen MR) is 65.7 cm³/mol. The van der Waals surface area contributed by atoms with Gasteiger partial charge in [-0.05, 0) is 30.2 Å². The van der Waals surface area contributed by atoms with Crippen LogP contribution in [-0.2, 0) is 13.0 Å². The van der Waals surface area contributed by atoms with E-state index in [1.807, 2.05) is 24.3 Å². The molecule has 1 heterocycles. The van der Waals surface area contributed by atoms with Crippen molar-refractivity contribution < 1.29 is 19.1 Å². The van der Waals surface area contributed by atoms with Crippen LogP contribution in [0, 0.1) is 0 Å². The molecule has 1 aromatic carbocycles. The molecule has 0 radical (unpaired) electrons. The number of carbonyl (C=O) groups excluding carboxylic acids is 1. The summed E-state index contributed by atoms with van der Waals surface area (Å²) in [5.74, 6) is 1.60. The number of para-hydroxylation sites is 1. The van der Waals surface area contributed by atoms with Gasteiger partial charge in [-0.2, -0.15) is 0 Å². The zero-order valence-corrected chi connectivity index (χ0v) is 9.83. The molecule has 0 saturated carbocycles. The Morgan fingerprint density at radius 1 is 1.22 bits per heavy atom.